The molecule has 0 heterocycles. The Balaban J connectivity index is 2.86. The number of hydrogen-bond donors (Lipinski definition) is 1. The number of carboxylic acids is 1. The summed E-state index contributed by atoms with van der Waals surface area (Å²) in [6.45, 7) is 6.69. The number of aliphatic carboxylic acids is 1. The molecule has 0 aromatic carbocycles. The zero-order valence-electron chi connectivity index (χ0n) is 19.8. The van der Waals surface area contributed by atoms with Gasteiger partial charge in [0.25, 0.3) is 0 Å². The summed E-state index contributed by atoms with van der Waals surface area (Å²) >= 11 is 0. The van der Waals surface area contributed by atoms with Crippen molar-refractivity contribution in [3.8, 4) is 0 Å². The maximum absolute atomic E-state index is 12.3. The largest absolute Gasteiger partial charge is 0.481 e. The fraction of sp³-hybridized carbons (Fsp3) is 0.680. The molecule has 0 aliphatic heterocycles. The molecule has 0 amide bonds. The summed E-state index contributed by atoms with van der Waals surface area (Å²) in [5.74, 6) is -1.85. The third-order valence-corrected chi connectivity index (χ3v) is 5.63. The fourth-order valence-corrected chi connectivity index (χ4v) is 4.23. The number of carbonyl (C=O) groups excluding carboxylic acids is 3. The van der Waals surface area contributed by atoms with Crippen molar-refractivity contribution in [3.05, 3.63) is 23.8 Å². The van der Waals surface area contributed by atoms with E-state index in [0.717, 1.165) is 25.7 Å². The van der Waals surface area contributed by atoms with Gasteiger partial charge in [0.1, 0.15) is 12.2 Å². The summed E-state index contributed by atoms with van der Waals surface area (Å²) in [6, 6.07) is 0. The Bertz CT molecular complexity index is 703. The van der Waals surface area contributed by atoms with Crippen LogP contribution in [0.2, 0.25) is 0 Å². The summed E-state index contributed by atoms with van der Waals surface area (Å²) < 4.78 is 11.1. The fourth-order valence-electron chi connectivity index (χ4n) is 4.23. The first kappa shape index (κ1) is 27.6. The third-order valence-electron chi connectivity index (χ3n) is 5.63. The van der Waals surface area contributed by atoms with Gasteiger partial charge >= 0.3 is 17.9 Å². The van der Waals surface area contributed by atoms with Gasteiger partial charge < -0.3 is 14.6 Å². The highest BCUT2D eigenvalue weighted by atomic mass is 16.6. The number of esters is 2. The van der Waals surface area contributed by atoms with Crippen LogP contribution in [0.5, 0.6) is 0 Å². The molecule has 180 valence electrons. The van der Waals surface area contributed by atoms with Crippen LogP contribution in [-0.4, -0.2) is 41.0 Å². The van der Waals surface area contributed by atoms with Crippen LogP contribution >= 0.6 is 0 Å². The predicted octanol–water partition coefficient (Wildman–Crippen LogP) is 4.78. The van der Waals surface area contributed by atoms with Gasteiger partial charge in [-0.1, -0.05) is 37.0 Å². The van der Waals surface area contributed by atoms with Crippen LogP contribution in [0, 0.1) is 11.8 Å². The van der Waals surface area contributed by atoms with E-state index in [1.165, 1.54) is 19.4 Å². The van der Waals surface area contributed by atoms with Crippen molar-refractivity contribution in [2.45, 2.75) is 97.7 Å². The molecule has 0 aromatic rings. The molecule has 32 heavy (non-hydrogen) atoms. The van der Waals surface area contributed by atoms with Gasteiger partial charge in [-0.25, -0.2) is 0 Å². The number of carboxylic acid groups (broad SMARTS) is 1. The lowest BCUT2D eigenvalue weighted by atomic mass is 9.87. The normalized spacial score (nSPS) is 22.5. The molecule has 0 unspecified atom stereocenters. The summed E-state index contributed by atoms with van der Waals surface area (Å²) in [6.07, 6.45) is 10.1. The molecule has 4 atom stereocenters. The topological polar surface area (TPSA) is 107 Å². The van der Waals surface area contributed by atoms with E-state index in [1.54, 1.807) is 6.08 Å². The summed E-state index contributed by atoms with van der Waals surface area (Å²) in [4.78, 5) is 46.2. The molecule has 0 bridgehead atoms. The molecular formula is C25H38O7. The van der Waals surface area contributed by atoms with E-state index in [1.807, 2.05) is 26.0 Å². The number of unbranched alkanes of at least 4 members (excludes halogenated alkanes) is 3. The van der Waals surface area contributed by atoms with E-state index in [2.05, 4.69) is 0 Å². The van der Waals surface area contributed by atoms with Gasteiger partial charge in [0.15, 0.2) is 5.78 Å². The highest BCUT2D eigenvalue weighted by molar-refractivity contribution is 5.89. The van der Waals surface area contributed by atoms with Crippen LogP contribution in [0.3, 0.4) is 0 Å². The van der Waals surface area contributed by atoms with E-state index in [-0.39, 0.29) is 36.1 Å². The van der Waals surface area contributed by atoms with Crippen LogP contribution < -0.4 is 0 Å². The molecule has 0 aromatic heterocycles. The second-order valence-electron chi connectivity index (χ2n) is 8.76. The van der Waals surface area contributed by atoms with Crippen LogP contribution in [0.1, 0.15) is 85.5 Å². The van der Waals surface area contributed by atoms with Crippen LogP contribution in [-0.2, 0) is 28.7 Å². The van der Waals surface area contributed by atoms with E-state index < -0.39 is 18.0 Å². The third kappa shape index (κ3) is 11.3. The van der Waals surface area contributed by atoms with Gasteiger partial charge in [0, 0.05) is 44.9 Å². The molecule has 0 spiro atoms. The number of ether oxygens (including phenoxy) is 2. The first-order valence-electron chi connectivity index (χ1n) is 11.5. The molecule has 7 nitrogen and oxygen atoms in total. The molecule has 0 saturated heterocycles. The number of hydrogen-bond acceptors (Lipinski definition) is 6. The Labute approximate surface area is 191 Å². The smallest absolute Gasteiger partial charge is 0.303 e. The quantitative estimate of drug-likeness (QED) is 0.176. The zero-order valence-corrected chi connectivity index (χ0v) is 19.8. The predicted molar refractivity (Wildman–Crippen MR) is 121 cm³/mol. The first-order chi connectivity index (χ1) is 15.1. The van der Waals surface area contributed by atoms with Crippen LogP contribution in [0.4, 0.5) is 0 Å². The minimum absolute atomic E-state index is 0.00688. The highest BCUT2D eigenvalue weighted by Crippen LogP contribution is 2.40. The van der Waals surface area contributed by atoms with Crippen molar-refractivity contribution in [2.24, 2.45) is 11.8 Å². The van der Waals surface area contributed by atoms with Crippen molar-refractivity contribution >= 4 is 23.7 Å². The SMILES string of the molecule is CC(=O)O[C@H]1C[C@@H](OC(C)=O)[C@H](C=CC(=O)CCC=C(C)C)[C@H]1CCCCCCC(=O)O. The molecule has 7 heteroatoms. The maximum Gasteiger partial charge on any atom is 0.303 e. The highest BCUT2D eigenvalue weighted by Gasteiger charge is 2.45. The van der Waals surface area contributed by atoms with E-state index in [9.17, 15) is 19.2 Å². The average Bonchev–Trinajstić information content (AvgIpc) is 2.96. The minimum atomic E-state index is -0.792. The number of carbonyl (C=O) groups is 4. The zero-order chi connectivity index (χ0) is 24.1. The van der Waals surface area contributed by atoms with Crippen molar-refractivity contribution in [1.82, 2.24) is 0 Å². The Morgan fingerprint density at radius 1 is 0.875 bits per heavy atom. The van der Waals surface area contributed by atoms with Crippen molar-refractivity contribution in [1.29, 1.82) is 0 Å². The standard InChI is InChI=1S/C25H38O7/c1-17(2)10-9-11-20(28)14-15-22-21(12-7-5-6-8-13-25(29)30)23(31-18(3)26)16-24(22)32-19(4)27/h10,14-15,21-24H,5-9,11-13,16H2,1-4H3,(H,29,30)/t21-,22-,23+,24-/m1/s1. The monoisotopic (exact) mass is 450 g/mol. The van der Waals surface area contributed by atoms with Gasteiger partial charge in [-0.3, -0.25) is 19.2 Å². The molecule has 1 aliphatic rings. The molecule has 0 radical (unpaired) electrons. The molecule has 1 N–H and O–H groups in total. The maximum atomic E-state index is 12.3. The molecular weight excluding hydrogens is 412 g/mol. The second-order valence-corrected chi connectivity index (χ2v) is 8.76. The van der Waals surface area contributed by atoms with Crippen molar-refractivity contribution < 1.29 is 33.8 Å². The summed E-state index contributed by atoms with van der Waals surface area (Å²) in [5, 5.41) is 8.75. The van der Waals surface area contributed by atoms with Crippen molar-refractivity contribution in [3.63, 3.8) is 0 Å². The van der Waals surface area contributed by atoms with Gasteiger partial charge in [0.2, 0.25) is 0 Å². The van der Waals surface area contributed by atoms with Crippen LogP contribution in [0.15, 0.2) is 23.8 Å². The van der Waals surface area contributed by atoms with Gasteiger partial charge in [-0.15, -0.1) is 0 Å². The van der Waals surface area contributed by atoms with E-state index >= 15 is 0 Å². The Kier molecular flexibility index (Phi) is 12.6. The Morgan fingerprint density at radius 2 is 1.50 bits per heavy atom. The van der Waals surface area contributed by atoms with Gasteiger partial charge in [-0.2, -0.15) is 0 Å². The number of ketones is 1. The first-order valence-corrected chi connectivity index (χ1v) is 11.5. The Morgan fingerprint density at radius 3 is 2.09 bits per heavy atom. The molecule has 1 rings (SSSR count). The molecule has 1 fully saturated rings. The average molecular weight is 451 g/mol. The van der Waals surface area contributed by atoms with E-state index in [0.29, 0.717) is 25.7 Å². The molecule has 1 saturated carbocycles. The minimum Gasteiger partial charge on any atom is -0.481 e. The Hall–Kier alpha value is -2.44. The van der Waals surface area contributed by atoms with Crippen LogP contribution in [0.25, 0.3) is 0 Å². The number of rotatable bonds is 14. The lowest BCUT2D eigenvalue weighted by Gasteiger charge is -2.24. The lowest BCUT2D eigenvalue weighted by Crippen LogP contribution is -2.25. The number of allylic oxidation sites excluding steroid dienone is 3. The van der Waals surface area contributed by atoms with Gasteiger partial charge in [0.05, 0.1) is 0 Å². The van der Waals surface area contributed by atoms with E-state index in [4.69, 9.17) is 14.6 Å². The van der Waals surface area contributed by atoms with Gasteiger partial charge in [-0.05, 0) is 39.2 Å². The summed E-state index contributed by atoms with van der Waals surface area (Å²) in [5.41, 5.74) is 1.17. The second kappa shape index (κ2) is 14.6. The summed E-state index contributed by atoms with van der Waals surface area (Å²) in [7, 11) is 0. The molecule has 1 aliphatic carbocycles. The van der Waals surface area contributed by atoms with Crippen molar-refractivity contribution in [2.75, 3.05) is 0 Å². The lowest BCUT2D eigenvalue weighted by molar-refractivity contribution is -0.149.